The van der Waals surface area contributed by atoms with Crippen LogP contribution in [0.1, 0.15) is 80.0 Å². The van der Waals surface area contributed by atoms with Gasteiger partial charge in [-0.25, -0.2) is 4.39 Å². The minimum absolute atomic E-state index is 0.0783. The van der Waals surface area contributed by atoms with Gasteiger partial charge in [0.05, 0.1) is 31.6 Å². The molecule has 1 saturated heterocycles. The number of anilines is 1. The first-order chi connectivity index (χ1) is 26.9. The Morgan fingerprint density at radius 3 is 2.38 bits per heavy atom. The largest absolute Gasteiger partial charge is 0.490 e. The van der Waals surface area contributed by atoms with Gasteiger partial charge in [0.2, 0.25) is 5.91 Å². The summed E-state index contributed by atoms with van der Waals surface area (Å²) in [5.41, 5.74) is 5.07. The van der Waals surface area contributed by atoms with Gasteiger partial charge in [-0.3, -0.25) is 9.69 Å². The first-order valence-electron chi connectivity index (χ1n) is 20.4. The molecule has 4 aromatic rings. The molecule has 0 aromatic heterocycles. The van der Waals surface area contributed by atoms with Crippen molar-refractivity contribution in [1.82, 2.24) is 4.90 Å². The molecule has 55 heavy (non-hydrogen) atoms. The maximum atomic E-state index is 15.7. The monoisotopic (exact) mass is 746 g/mol. The van der Waals surface area contributed by atoms with Crippen LogP contribution in [0, 0.1) is 23.1 Å². The van der Waals surface area contributed by atoms with Crippen LogP contribution in [-0.4, -0.2) is 55.9 Å². The van der Waals surface area contributed by atoms with E-state index in [1.807, 2.05) is 30.3 Å². The lowest BCUT2D eigenvalue weighted by Crippen LogP contribution is -2.52. The van der Waals surface area contributed by atoms with E-state index in [0.29, 0.717) is 37.2 Å². The van der Waals surface area contributed by atoms with Crippen molar-refractivity contribution in [2.75, 3.05) is 38.2 Å². The number of benzene rings is 4. The van der Waals surface area contributed by atoms with E-state index in [1.54, 1.807) is 6.07 Å². The molecule has 4 aliphatic rings. The van der Waals surface area contributed by atoms with E-state index in [2.05, 4.69) is 71.7 Å². The van der Waals surface area contributed by atoms with Crippen LogP contribution in [0.5, 0.6) is 11.5 Å². The zero-order valence-electron chi connectivity index (χ0n) is 32.1. The molecule has 1 amide bonds. The summed E-state index contributed by atoms with van der Waals surface area (Å²) in [7, 11) is 0. The predicted octanol–water partition coefficient (Wildman–Crippen LogP) is 9.34. The number of aryl methyl sites for hydroxylation is 1. The van der Waals surface area contributed by atoms with E-state index in [4.69, 9.17) is 18.9 Å². The molecule has 1 heterocycles. The third-order valence-electron chi connectivity index (χ3n) is 12.8. The Morgan fingerprint density at radius 2 is 1.62 bits per heavy atom. The molecule has 6 atom stereocenters. The number of hydrogen-bond acceptors (Lipinski definition) is 6. The van der Waals surface area contributed by atoms with Gasteiger partial charge in [-0.05, 0) is 110 Å². The predicted molar refractivity (Wildman–Crippen MR) is 213 cm³/mol. The number of nitrogens with one attached hydrogen (secondary N) is 1. The summed E-state index contributed by atoms with van der Waals surface area (Å²) < 4.78 is 41.0. The second-order valence-corrected chi connectivity index (χ2v) is 16.3. The molecule has 0 bridgehead atoms. The van der Waals surface area contributed by atoms with Crippen LogP contribution in [0.15, 0.2) is 97.1 Å². The second kappa shape index (κ2) is 17.3. The van der Waals surface area contributed by atoms with E-state index in [1.165, 1.54) is 22.8 Å². The number of carbonyl (C=O) groups excluding carboxylic acids is 1. The molecule has 8 rings (SSSR count). The Balaban J connectivity index is 0.982. The van der Waals surface area contributed by atoms with E-state index >= 15 is 4.39 Å². The van der Waals surface area contributed by atoms with Gasteiger partial charge in [0.1, 0.15) is 30.0 Å². The molecule has 3 fully saturated rings. The lowest BCUT2D eigenvalue weighted by molar-refractivity contribution is -0.116. The van der Waals surface area contributed by atoms with Gasteiger partial charge >= 0.3 is 0 Å². The van der Waals surface area contributed by atoms with Crippen molar-refractivity contribution >= 4 is 11.6 Å². The molecular weight excluding hydrogens is 692 g/mol. The highest BCUT2D eigenvalue weighted by Gasteiger charge is 2.59. The number of morpholine rings is 1. The number of carbonyl (C=O) groups is 1. The minimum Gasteiger partial charge on any atom is -0.490 e. The van der Waals surface area contributed by atoms with E-state index in [0.717, 1.165) is 89.1 Å². The average Bonchev–Trinajstić information content (AvgIpc) is 3.55. The van der Waals surface area contributed by atoms with E-state index in [-0.39, 0.29) is 35.1 Å². The molecule has 2 saturated carbocycles. The van der Waals surface area contributed by atoms with Crippen molar-refractivity contribution in [2.24, 2.45) is 17.3 Å². The molecule has 290 valence electrons. The number of amides is 1. The molecule has 1 aliphatic heterocycles. The normalized spacial score (nSPS) is 26.0. The number of ether oxygens (including phenoxy) is 4. The maximum absolute atomic E-state index is 15.7. The maximum Gasteiger partial charge on any atom is 0.224 e. The number of fused-ring (bicyclic) bond motifs is 5. The Hall–Kier alpha value is -4.24. The fourth-order valence-electron chi connectivity index (χ4n) is 10.1. The number of rotatable bonds is 14. The molecule has 4 aromatic carbocycles. The van der Waals surface area contributed by atoms with Crippen molar-refractivity contribution < 1.29 is 28.1 Å². The summed E-state index contributed by atoms with van der Waals surface area (Å²) in [5.74, 6) is 1.81. The summed E-state index contributed by atoms with van der Waals surface area (Å²) in [6.07, 6.45) is 7.02. The minimum atomic E-state index is -0.482. The summed E-state index contributed by atoms with van der Waals surface area (Å²) in [5, 5.41) is 2.80. The number of unbranched alkanes of at least 4 members (excludes halogenated alkanes) is 1. The van der Waals surface area contributed by atoms with E-state index in [9.17, 15) is 4.79 Å². The number of nitrogens with zero attached hydrogens (tertiary/aromatic N) is 1. The lowest BCUT2D eigenvalue weighted by Gasteiger charge is -2.53. The topological polar surface area (TPSA) is 69.3 Å². The van der Waals surface area contributed by atoms with Crippen molar-refractivity contribution in [3.63, 3.8) is 0 Å². The lowest BCUT2D eigenvalue weighted by atomic mass is 9.54. The highest BCUT2D eigenvalue weighted by molar-refractivity contribution is 5.90. The third kappa shape index (κ3) is 8.77. The molecule has 0 radical (unpaired) electrons. The van der Waals surface area contributed by atoms with E-state index < -0.39 is 5.82 Å². The van der Waals surface area contributed by atoms with Gasteiger partial charge in [0, 0.05) is 36.9 Å². The molecule has 0 unspecified atom stereocenters. The van der Waals surface area contributed by atoms with Gasteiger partial charge in [0.25, 0.3) is 0 Å². The fourth-order valence-corrected chi connectivity index (χ4v) is 10.1. The van der Waals surface area contributed by atoms with Crippen LogP contribution in [0.3, 0.4) is 0 Å². The van der Waals surface area contributed by atoms with Gasteiger partial charge in [-0.2, -0.15) is 0 Å². The molecule has 0 spiro atoms. The SMILES string of the molecule is C[C@]12C[C@H](Oc3ccc(NC(=O)CCCCN4CCOCC4)c(F)c3)[C@@H]3c4ccc(OCc5ccccc5)cc4CC[C@H]3[C@@H]1CC[C@@H]2OCc1ccccc1. The first kappa shape index (κ1) is 37.7. The van der Waals surface area contributed by atoms with Crippen LogP contribution in [0.25, 0.3) is 0 Å². The molecule has 7 nitrogen and oxygen atoms in total. The fraction of sp³-hybridized carbons (Fsp3) is 0.468. The van der Waals surface area contributed by atoms with Crippen LogP contribution >= 0.6 is 0 Å². The van der Waals surface area contributed by atoms with Crippen LogP contribution < -0.4 is 14.8 Å². The van der Waals surface area contributed by atoms with Crippen molar-refractivity contribution in [3.8, 4) is 11.5 Å². The van der Waals surface area contributed by atoms with Crippen LogP contribution in [0.4, 0.5) is 10.1 Å². The number of hydrogen-bond donors (Lipinski definition) is 1. The highest BCUT2D eigenvalue weighted by atomic mass is 19.1. The summed E-state index contributed by atoms with van der Waals surface area (Å²) in [6, 6.07) is 32.2. The van der Waals surface area contributed by atoms with Crippen molar-refractivity contribution in [2.45, 2.75) is 89.6 Å². The standard InChI is InChI=1S/C47H55FN2O5/c1-47-30-43(55-37-17-21-42(41(48)29-37)49-45(51)14-8-9-23-50-24-26-52-27-25-50)46-38-19-16-36(53-31-33-10-4-2-5-11-33)28-35(38)15-18-39(46)40(47)20-22-44(47)54-32-34-12-6-3-7-13-34/h2-7,10-13,16-17,19,21,28-29,39-40,43-44,46H,8-9,14-15,18,20,22-27,30-32H2,1H3,(H,49,51)/t39-,40-,43-,44-,46+,47-/m0/s1. The third-order valence-corrected chi connectivity index (χ3v) is 12.8. The van der Waals surface area contributed by atoms with Gasteiger partial charge in [0.15, 0.2) is 0 Å². The van der Waals surface area contributed by atoms with Gasteiger partial charge in [-0.15, -0.1) is 0 Å². The zero-order valence-corrected chi connectivity index (χ0v) is 32.1. The molecule has 8 heteroatoms. The summed E-state index contributed by atoms with van der Waals surface area (Å²) in [4.78, 5) is 15.1. The first-order valence-corrected chi connectivity index (χ1v) is 20.4. The smallest absolute Gasteiger partial charge is 0.224 e. The van der Waals surface area contributed by atoms with Crippen molar-refractivity contribution in [3.05, 3.63) is 125 Å². The second-order valence-electron chi connectivity index (χ2n) is 16.3. The van der Waals surface area contributed by atoms with Crippen molar-refractivity contribution in [1.29, 1.82) is 0 Å². The average molecular weight is 747 g/mol. The Labute approximate surface area is 325 Å². The highest BCUT2D eigenvalue weighted by Crippen LogP contribution is 2.62. The molecule has 3 aliphatic carbocycles. The molecular formula is C47H55FN2O5. The van der Waals surface area contributed by atoms with Crippen LogP contribution in [0.2, 0.25) is 0 Å². The number of halogens is 1. The summed E-state index contributed by atoms with van der Waals surface area (Å²) in [6.45, 7) is 7.89. The summed E-state index contributed by atoms with van der Waals surface area (Å²) >= 11 is 0. The Bertz CT molecular complexity index is 1890. The van der Waals surface area contributed by atoms with Gasteiger partial charge < -0.3 is 24.3 Å². The van der Waals surface area contributed by atoms with Gasteiger partial charge in [-0.1, -0.05) is 73.7 Å². The van der Waals surface area contributed by atoms with Crippen LogP contribution in [-0.2, 0) is 33.9 Å². The Kier molecular flexibility index (Phi) is 11.8. The zero-order chi connectivity index (χ0) is 37.6. The quantitative estimate of drug-likeness (QED) is 0.130. The molecule has 1 N–H and O–H groups in total. The Morgan fingerprint density at radius 1 is 0.873 bits per heavy atom.